The Kier molecular flexibility index (Phi) is 12.3. The van der Waals surface area contributed by atoms with E-state index in [2.05, 4.69) is 46.4 Å². The molecule has 0 bridgehead atoms. The lowest BCUT2D eigenvalue weighted by Crippen LogP contribution is -2.57. The first-order valence-electron chi connectivity index (χ1n) is 19.4. The molecule has 3 aromatic carbocycles. The van der Waals surface area contributed by atoms with Gasteiger partial charge in [0.1, 0.15) is 28.8 Å². The van der Waals surface area contributed by atoms with E-state index in [1.807, 2.05) is 92.0 Å². The lowest BCUT2D eigenvalue weighted by molar-refractivity contribution is -0.175. The highest BCUT2D eigenvalue weighted by Crippen LogP contribution is 2.49. The molecule has 0 spiro atoms. The number of aromatic nitrogens is 4. The zero-order chi connectivity index (χ0) is 42.0. The number of imidazole rings is 1. The second kappa shape index (κ2) is 16.7. The molecule has 1 amide bonds. The van der Waals surface area contributed by atoms with Crippen molar-refractivity contribution in [2.75, 3.05) is 45.1 Å². The number of rotatable bonds is 15. The second-order valence-corrected chi connectivity index (χ2v) is 21.1. The molecule has 1 aliphatic rings. The van der Waals surface area contributed by atoms with E-state index in [4.69, 9.17) is 23.4 Å². The molecular formula is C43H55FN6O7Si. The van der Waals surface area contributed by atoms with Gasteiger partial charge in [0.15, 0.2) is 37.7 Å². The van der Waals surface area contributed by atoms with Crippen molar-refractivity contribution < 1.29 is 37.7 Å². The highest BCUT2D eigenvalue weighted by atomic mass is 28.4. The van der Waals surface area contributed by atoms with Crippen LogP contribution >= 0.6 is 0 Å². The number of carbonyl (C=O) groups is 1. The molecule has 2 aromatic heterocycles. The summed E-state index contributed by atoms with van der Waals surface area (Å²) in [7, 11) is 2.13. The number of nitrogens with zero attached hydrogens (tertiary/aromatic N) is 4. The van der Waals surface area contributed by atoms with Crippen LogP contribution in [0.4, 0.5) is 16.2 Å². The van der Waals surface area contributed by atoms with Gasteiger partial charge in [0.2, 0.25) is 11.9 Å². The number of anilines is 2. The number of benzene rings is 3. The van der Waals surface area contributed by atoms with E-state index in [0.29, 0.717) is 22.8 Å². The number of ether oxygens (including phenoxy) is 4. The molecule has 1 unspecified atom stereocenters. The minimum absolute atomic E-state index is 0.0168. The van der Waals surface area contributed by atoms with Gasteiger partial charge in [-0.1, -0.05) is 89.2 Å². The Labute approximate surface area is 340 Å². The molecule has 0 radical (unpaired) electrons. The fourth-order valence-corrected chi connectivity index (χ4v) is 8.20. The van der Waals surface area contributed by atoms with Crippen molar-refractivity contribution in [1.29, 1.82) is 0 Å². The van der Waals surface area contributed by atoms with Crippen LogP contribution in [0.3, 0.4) is 0 Å². The van der Waals surface area contributed by atoms with Crippen molar-refractivity contribution in [1.82, 2.24) is 19.5 Å². The number of aliphatic hydroxyl groups excluding tert-OH is 1. The minimum atomic E-state index is -2.75. The van der Waals surface area contributed by atoms with Crippen molar-refractivity contribution in [2.24, 2.45) is 5.92 Å². The van der Waals surface area contributed by atoms with Crippen molar-refractivity contribution in [3.05, 3.63) is 102 Å². The lowest BCUT2D eigenvalue weighted by Gasteiger charge is -2.44. The quantitative estimate of drug-likeness (QED) is 0.0713. The highest BCUT2D eigenvalue weighted by molar-refractivity contribution is 6.74. The number of methoxy groups -OCH3 is 2. The molecule has 15 heteroatoms. The molecule has 1 saturated heterocycles. The molecule has 1 aliphatic heterocycles. The predicted octanol–water partition coefficient (Wildman–Crippen LogP) is 7.48. The normalized spacial score (nSPS) is 20.1. The number of alkyl halides is 1. The number of amides is 1. The monoisotopic (exact) mass is 814 g/mol. The van der Waals surface area contributed by atoms with E-state index in [0.717, 1.165) is 16.7 Å². The Bertz CT molecular complexity index is 2130. The van der Waals surface area contributed by atoms with Crippen LogP contribution in [-0.2, 0) is 24.3 Å². The van der Waals surface area contributed by atoms with Crippen LogP contribution in [0.1, 0.15) is 57.5 Å². The van der Waals surface area contributed by atoms with E-state index < -0.39 is 44.6 Å². The van der Waals surface area contributed by atoms with Gasteiger partial charge in [-0.25, -0.2) is 9.37 Å². The number of hydrogen-bond acceptors (Lipinski definition) is 11. The van der Waals surface area contributed by atoms with Crippen LogP contribution < -0.4 is 20.1 Å². The predicted molar refractivity (Wildman–Crippen MR) is 224 cm³/mol. The van der Waals surface area contributed by atoms with E-state index in [9.17, 15) is 9.90 Å². The van der Waals surface area contributed by atoms with Gasteiger partial charge in [-0.3, -0.25) is 14.7 Å². The summed E-state index contributed by atoms with van der Waals surface area (Å²) >= 11 is 0. The number of aliphatic hydroxyl groups is 1. The fraction of sp³-hybridized carbons (Fsp3) is 0.442. The summed E-state index contributed by atoms with van der Waals surface area (Å²) < 4.78 is 51.2. The molecular weight excluding hydrogens is 760 g/mol. The van der Waals surface area contributed by atoms with Gasteiger partial charge in [0, 0.05) is 13.0 Å². The van der Waals surface area contributed by atoms with Gasteiger partial charge < -0.3 is 33.8 Å². The van der Waals surface area contributed by atoms with Gasteiger partial charge in [0.05, 0.1) is 33.8 Å². The van der Waals surface area contributed by atoms with E-state index in [1.54, 1.807) is 35.1 Å². The highest BCUT2D eigenvalue weighted by Gasteiger charge is 2.61. The summed E-state index contributed by atoms with van der Waals surface area (Å²) in [6, 6.07) is 24.8. The zero-order valence-electron chi connectivity index (χ0n) is 34.9. The van der Waals surface area contributed by atoms with Crippen molar-refractivity contribution >= 4 is 37.2 Å². The van der Waals surface area contributed by atoms with Crippen LogP contribution in [0, 0.1) is 5.92 Å². The van der Waals surface area contributed by atoms with Crippen LogP contribution in [-0.4, -0.2) is 91.2 Å². The Balaban J connectivity index is 1.52. The number of carbonyl (C=O) groups excluding carboxylic acids is 1. The third-order valence-electron chi connectivity index (χ3n) is 11.3. The van der Waals surface area contributed by atoms with Crippen LogP contribution in [0.2, 0.25) is 18.1 Å². The maximum absolute atomic E-state index is 17.7. The topological polar surface area (TPSA) is 151 Å². The van der Waals surface area contributed by atoms with Gasteiger partial charge in [0.25, 0.3) is 0 Å². The van der Waals surface area contributed by atoms with E-state index >= 15 is 4.39 Å². The Morgan fingerprint density at radius 1 is 0.948 bits per heavy atom. The first-order chi connectivity index (χ1) is 27.5. The summed E-state index contributed by atoms with van der Waals surface area (Å²) in [5, 5.41) is 17.0. The maximum Gasteiger partial charge on any atom is 0.233 e. The first-order valence-corrected chi connectivity index (χ1v) is 22.3. The Morgan fingerprint density at radius 3 is 2.02 bits per heavy atom. The molecule has 13 nitrogen and oxygen atoms in total. The second-order valence-electron chi connectivity index (χ2n) is 16.4. The standard InChI is InChI=1S/C43H55FN6O7Si/c1-27(2)38(52)49-40-47-36(45-6)34-37(48-40)50(26-46-34)39-33(44)35(57-58(9,10)41(3,4)5)42(24-51,56-39)25-55-43(28-14-12-11-13-15-28,29-16-20-31(53-7)21-17-29)30-18-22-32(54-8)23-19-30/h11-23,26-27,33,35,39,51H,24-25H2,1-10H3,(H2,45,47,48,49,52)/t33-,35-,39+,42?/m0/s1. The number of hydrogen-bond donors (Lipinski definition) is 3. The van der Waals surface area contributed by atoms with Crippen LogP contribution in [0.15, 0.2) is 85.2 Å². The molecule has 58 heavy (non-hydrogen) atoms. The average molecular weight is 815 g/mol. The zero-order valence-corrected chi connectivity index (χ0v) is 35.9. The minimum Gasteiger partial charge on any atom is -0.497 e. The van der Waals surface area contributed by atoms with Crippen molar-refractivity contribution in [3.8, 4) is 11.5 Å². The van der Waals surface area contributed by atoms with E-state index in [-0.39, 0.29) is 35.1 Å². The average Bonchev–Trinajstić information content (AvgIpc) is 3.76. The molecule has 0 aliphatic carbocycles. The number of nitrogens with one attached hydrogen (secondary N) is 2. The molecule has 1 fully saturated rings. The smallest absolute Gasteiger partial charge is 0.233 e. The lowest BCUT2D eigenvalue weighted by atomic mass is 9.79. The van der Waals surface area contributed by atoms with Crippen LogP contribution in [0.5, 0.6) is 11.5 Å². The number of fused-ring (bicyclic) bond motifs is 1. The van der Waals surface area contributed by atoms with Crippen LogP contribution in [0.25, 0.3) is 11.2 Å². The summed E-state index contributed by atoms with van der Waals surface area (Å²) in [4.78, 5) is 26.3. The molecule has 3 N–H and O–H groups in total. The number of halogens is 1. The van der Waals surface area contributed by atoms with Gasteiger partial charge >= 0.3 is 0 Å². The molecule has 4 atom stereocenters. The summed E-state index contributed by atoms with van der Waals surface area (Å²) in [5.41, 5.74) is -0.235. The van der Waals surface area contributed by atoms with Crippen molar-refractivity contribution in [3.63, 3.8) is 0 Å². The van der Waals surface area contributed by atoms with E-state index in [1.165, 1.54) is 10.9 Å². The molecule has 0 saturated carbocycles. The van der Waals surface area contributed by atoms with Gasteiger partial charge in [-0.2, -0.15) is 9.97 Å². The third kappa shape index (κ3) is 7.93. The Morgan fingerprint density at radius 2 is 1.52 bits per heavy atom. The van der Waals surface area contributed by atoms with Gasteiger partial charge in [-0.15, -0.1) is 0 Å². The molecule has 5 aromatic rings. The van der Waals surface area contributed by atoms with Gasteiger partial charge in [-0.05, 0) is 59.1 Å². The third-order valence-corrected chi connectivity index (χ3v) is 15.8. The Hall–Kier alpha value is -4.93. The molecule has 3 heterocycles. The SMILES string of the molecule is CNc1nc(NC(=O)C(C)C)nc2c1ncn2[C@@H]1OC(CO)(COC(c2ccccc2)(c2ccc(OC)cc2)c2ccc(OC)cc2)[C@@H](O[Si](C)(C)C(C)(C)C)[C@@H]1F. The molecule has 310 valence electrons. The fourth-order valence-electron chi connectivity index (χ4n) is 6.87. The molecule has 6 rings (SSSR count). The summed E-state index contributed by atoms with van der Waals surface area (Å²) in [5.74, 6) is 1.02. The first kappa shape index (κ1) is 42.7. The largest absolute Gasteiger partial charge is 0.497 e. The van der Waals surface area contributed by atoms with Crippen molar-refractivity contribution in [2.45, 2.75) is 82.5 Å². The summed E-state index contributed by atoms with van der Waals surface area (Å²) in [6.45, 7) is 12.8. The summed E-state index contributed by atoms with van der Waals surface area (Å²) in [6.07, 6.45) is -3.09. The maximum atomic E-state index is 17.7.